The van der Waals surface area contributed by atoms with E-state index in [2.05, 4.69) is 30.4 Å². The standard InChI is InChI=1S/C25H33FN2O/c1-4-6-10-16-29-20(3)12-8-7-9-13-21-14-15-22(17-24(21)26)23-18-27-25(11-5-2)28-19-23/h5,9,13-15,17-20H,2,4,6-8,10-12,16H2,1,3H3. The van der Waals surface area contributed by atoms with Gasteiger partial charge in [0.05, 0.1) is 6.10 Å². The molecular weight excluding hydrogens is 363 g/mol. The Morgan fingerprint density at radius 3 is 2.62 bits per heavy atom. The maximum Gasteiger partial charge on any atom is 0.131 e. The van der Waals surface area contributed by atoms with Crippen LogP contribution < -0.4 is 0 Å². The van der Waals surface area contributed by atoms with Gasteiger partial charge >= 0.3 is 0 Å². The molecule has 29 heavy (non-hydrogen) atoms. The van der Waals surface area contributed by atoms with Crippen molar-refractivity contribution in [2.75, 3.05) is 6.61 Å². The molecule has 1 aromatic heterocycles. The molecular formula is C25H33FN2O. The first-order valence-corrected chi connectivity index (χ1v) is 10.6. The number of unbranched alkanes of at least 4 members (excludes halogenated alkanes) is 3. The van der Waals surface area contributed by atoms with Gasteiger partial charge in [0.2, 0.25) is 0 Å². The highest BCUT2D eigenvalue weighted by Crippen LogP contribution is 2.22. The molecule has 0 saturated carbocycles. The molecule has 1 heterocycles. The van der Waals surface area contributed by atoms with E-state index in [0.29, 0.717) is 17.8 Å². The summed E-state index contributed by atoms with van der Waals surface area (Å²) in [5, 5.41) is 0. The second-order valence-electron chi connectivity index (χ2n) is 7.34. The van der Waals surface area contributed by atoms with Crippen LogP contribution in [0.2, 0.25) is 0 Å². The van der Waals surface area contributed by atoms with Crippen LogP contribution >= 0.6 is 0 Å². The monoisotopic (exact) mass is 396 g/mol. The van der Waals surface area contributed by atoms with Crippen LogP contribution in [0.1, 0.15) is 63.8 Å². The summed E-state index contributed by atoms with van der Waals surface area (Å²) in [6.07, 6.45) is 16.6. The van der Waals surface area contributed by atoms with Crippen LogP contribution in [-0.2, 0) is 11.2 Å². The summed E-state index contributed by atoms with van der Waals surface area (Å²) in [5.74, 6) is 0.478. The first kappa shape index (κ1) is 23.0. The van der Waals surface area contributed by atoms with Crippen molar-refractivity contribution in [2.24, 2.45) is 0 Å². The zero-order chi connectivity index (χ0) is 20.9. The minimum atomic E-state index is -0.235. The topological polar surface area (TPSA) is 35.0 Å². The lowest BCUT2D eigenvalue weighted by Gasteiger charge is -2.12. The summed E-state index contributed by atoms with van der Waals surface area (Å²) < 4.78 is 20.3. The number of hydrogen-bond donors (Lipinski definition) is 0. The third-order valence-corrected chi connectivity index (χ3v) is 4.80. The van der Waals surface area contributed by atoms with Crippen LogP contribution in [0.5, 0.6) is 0 Å². The van der Waals surface area contributed by atoms with Gasteiger partial charge < -0.3 is 4.74 Å². The van der Waals surface area contributed by atoms with Crippen molar-refractivity contribution in [3.8, 4) is 11.1 Å². The number of nitrogens with zero attached hydrogens (tertiary/aromatic N) is 2. The van der Waals surface area contributed by atoms with E-state index in [1.54, 1.807) is 24.5 Å². The van der Waals surface area contributed by atoms with Crippen LogP contribution in [0.3, 0.4) is 0 Å². The van der Waals surface area contributed by atoms with Crippen molar-refractivity contribution in [2.45, 2.75) is 64.9 Å². The highest BCUT2D eigenvalue weighted by molar-refractivity contribution is 5.64. The molecule has 1 atom stereocenters. The van der Waals surface area contributed by atoms with Crippen molar-refractivity contribution in [3.63, 3.8) is 0 Å². The molecule has 0 fully saturated rings. The van der Waals surface area contributed by atoms with Crippen LogP contribution in [-0.4, -0.2) is 22.7 Å². The van der Waals surface area contributed by atoms with Gasteiger partial charge in [-0.05, 0) is 44.2 Å². The lowest BCUT2D eigenvalue weighted by atomic mass is 10.1. The Balaban J connectivity index is 1.80. The van der Waals surface area contributed by atoms with Crippen molar-refractivity contribution in [1.29, 1.82) is 0 Å². The van der Waals surface area contributed by atoms with Gasteiger partial charge in [-0.25, -0.2) is 14.4 Å². The quantitative estimate of drug-likeness (QED) is 0.276. The molecule has 0 aliphatic rings. The van der Waals surface area contributed by atoms with Crippen LogP contribution in [0, 0.1) is 5.82 Å². The fourth-order valence-corrected chi connectivity index (χ4v) is 3.03. The highest BCUT2D eigenvalue weighted by atomic mass is 19.1. The fraction of sp³-hybridized carbons (Fsp3) is 0.440. The second-order valence-corrected chi connectivity index (χ2v) is 7.34. The van der Waals surface area contributed by atoms with E-state index >= 15 is 0 Å². The summed E-state index contributed by atoms with van der Waals surface area (Å²) in [4.78, 5) is 8.56. The first-order chi connectivity index (χ1) is 14.1. The largest absolute Gasteiger partial charge is 0.379 e. The average Bonchev–Trinajstić information content (AvgIpc) is 2.73. The van der Waals surface area contributed by atoms with E-state index in [9.17, 15) is 4.39 Å². The summed E-state index contributed by atoms with van der Waals surface area (Å²) in [5.41, 5.74) is 2.18. The fourth-order valence-electron chi connectivity index (χ4n) is 3.03. The first-order valence-electron chi connectivity index (χ1n) is 10.6. The average molecular weight is 397 g/mol. The van der Waals surface area contributed by atoms with Crippen molar-refractivity contribution >= 4 is 6.08 Å². The summed E-state index contributed by atoms with van der Waals surface area (Å²) >= 11 is 0. The van der Waals surface area contributed by atoms with Crippen LogP contribution in [0.15, 0.2) is 49.3 Å². The zero-order valence-corrected chi connectivity index (χ0v) is 17.7. The van der Waals surface area contributed by atoms with E-state index in [0.717, 1.165) is 43.4 Å². The highest BCUT2D eigenvalue weighted by Gasteiger charge is 2.05. The number of aromatic nitrogens is 2. The molecule has 2 rings (SSSR count). The third-order valence-electron chi connectivity index (χ3n) is 4.80. The van der Waals surface area contributed by atoms with Crippen molar-refractivity contribution in [1.82, 2.24) is 9.97 Å². The van der Waals surface area contributed by atoms with E-state index < -0.39 is 0 Å². The molecule has 0 amide bonds. The van der Waals surface area contributed by atoms with Gasteiger partial charge in [-0.15, -0.1) is 6.58 Å². The molecule has 0 N–H and O–H groups in total. The number of rotatable bonds is 13. The normalized spacial score (nSPS) is 12.4. The second kappa shape index (κ2) is 13.0. The number of benzene rings is 1. The molecule has 0 bridgehead atoms. The molecule has 0 saturated heterocycles. The van der Waals surface area contributed by atoms with Gasteiger partial charge in [0.15, 0.2) is 0 Å². The van der Waals surface area contributed by atoms with E-state index in [1.165, 1.54) is 18.9 Å². The Morgan fingerprint density at radius 1 is 1.14 bits per heavy atom. The molecule has 2 aromatic rings. The number of ether oxygens (including phenoxy) is 1. The molecule has 3 nitrogen and oxygen atoms in total. The summed E-state index contributed by atoms with van der Waals surface area (Å²) in [7, 11) is 0. The SMILES string of the molecule is C=CCc1ncc(-c2ccc(C=CCCCC(C)OCCCCC)c(F)c2)cn1. The van der Waals surface area contributed by atoms with E-state index in [-0.39, 0.29) is 11.9 Å². The Kier molecular flexibility index (Phi) is 10.3. The molecule has 1 aromatic carbocycles. The molecule has 156 valence electrons. The van der Waals surface area contributed by atoms with Gasteiger partial charge in [0.25, 0.3) is 0 Å². The van der Waals surface area contributed by atoms with Gasteiger partial charge in [0, 0.05) is 36.5 Å². The van der Waals surface area contributed by atoms with Crippen molar-refractivity contribution in [3.05, 3.63) is 66.5 Å². The zero-order valence-electron chi connectivity index (χ0n) is 17.7. The van der Waals surface area contributed by atoms with Crippen LogP contribution in [0.25, 0.3) is 17.2 Å². The predicted molar refractivity (Wildman–Crippen MR) is 119 cm³/mol. The molecule has 0 aliphatic heterocycles. The summed E-state index contributed by atoms with van der Waals surface area (Å²) in [6, 6.07) is 5.25. The van der Waals surface area contributed by atoms with Gasteiger partial charge in [-0.1, -0.05) is 50.1 Å². The molecule has 1 unspecified atom stereocenters. The van der Waals surface area contributed by atoms with Crippen molar-refractivity contribution < 1.29 is 9.13 Å². The van der Waals surface area contributed by atoms with E-state index in [4.69, 9.17) is 4.74 Å². The Hall–Kier alpha value is -2.33. The van der Waals surface area contributed by atoms with Gasteiger partial charge in [-0.3, -0.25) is 0 Å². The maximum absolute atomic E-state index is 14.5. The number of hydrogen-bond acceptors (Lipinski definition) is 3. The van der Waals surface area contributed by atoms with Gasteiger partial charge in [0.1, 0.15) is 11.6 Å². The Morgan fingerprint density at radius 2 is 1.93 bits per heavy atom. The maximum atomic E-state index is 14.5. The molecule has 4 heteroatoms. The Labute approximate surface area is 174 Å². The number of halogens is 1. The molecule has 0 aliphatic carbocycles. The minimum Gasteiger partial charge on any atom is -0.379 e. The molecule has 0 radical (unpaired) electrons. The smallest absolute Gasteiger partial charge is 0.131 e. The molecule has 0 spiro atoms. The van der Waals surface area contributed by atoms with Crippen LogP contribution in [0.4, 0.5) is 4.39 Å². The predicted octanol–water partition coefficient (Wildman–Crippen LogP) is 6.79. The number of allylic oxidation sites excluding steroid dienone is 2. The van der Waals surface area contributed by atoms with Gasteiger partial charge in [-0.2, -0.15) is 0 Å². The Bertz CT molecular complexity index is 771. The summed E-state index contributed by atoms with van der Waals surface area (Å²) in [6.45, 7) is 8.85. The third kappa shape index (κ3) is 8.28. The van der Waals surface area contributed by atoms with E-state index in [1.807, 2.05) is 18.2 Å². The lowest BCUT2D eigenvalue weighted by Crippen LogP contribution is -2.08. The lowest BCUT2D eigenvalue weighted by molar-refractivity contribution is 0.0566. The minimum absolute atomic E-state index is 0.235.